The molecule has 0 atom stereocenters. The van der Waals surface area contributed by atoms with Crippen LogP contribution in [0.15, 0.2) is 29.8 Å². The summed E-state index contributed by atoms with van der Waals surface area (Å²) in [6.45, 7) is 0. The van der Waals surface area contributed by atoms with E-state index in [1.165, 1.54) is 22.7 Å². The molecule has 1 aliphatic carbocycles. The number of nitrogens with one attached hydrogen (secondary N) is 1. The lowest BCUT2D eigenvalue weighted by Gasteiger charge is -2.11. The SMILES string of the molecule is COc1ccc(OC)c(-c2cn3c(CC(=O)Nc4sc5c(c4C(N)=O)CCCC5)csc3n2)c1. The van der Waals surface area contributed by atoms with Gasteiger partial charge in [0.05, 0.1) is 31.9 Å². The number of thiazole rings is 1. The lowest BCUT2D eigenvalue weighted by Crippen LogP contribution is -2.19. The second-order valence-corrected chi connectivity index (χ2v) is 10.0. The molecule has 1 aliphatic rings. The molecule has 8 nitrogen and oxygen atoms in total. The first-order chi connectivity index (χ1) is 16.5. The van der Waals surface area contributed by atoms with Gasteiger partial charge in [-0.15, -0.1) is 22.7 Å². The number of methoxy groups -OCH3 is 2. The zero-order chi connectivity index (χ0) is 23.8. The quantitative estimate of drug-likeness (QED) is 0.397. The predicted molar refractivity (Wildman–Crippen MR) is 133 cm³/mol. The van der Waals surface area contributed by atoms with E-state index in [0.717, 1.165) is 58.0 Å². The number of ether oxygens (including phenoxy) is 2. The largest absolute Gasteiger partial charge is 0.497 e. The minimum absolute atomic E-state index is 0.145. The monoisotopic (exact) mass is 496 g/mol. The van der Waals surface area contributed by atoms with Gasteiger partial charge in [-0.3, -0.25) is 14.0 Å². The maximum atomic E-state index is 12.9. The van der Waals surface area contributed by atoms with Gasteiger partial charge >= 0.3 is 0 Å². The maximum Gasteiger partial charge on any atom is 0.251 e. The van der Waals surface area contributed by atoms with Gasteiger partial charge in [0.15, 0.2) is 4.96 Å². The van der Waals surface area contributed by atoms with Crippen LogP contribution in [0.1, 0.15) is 39.3 Å². The normalized spacial score (nSPS) is 13.0. The van der Waals surface area contributed by atoms with Crippen LogP contribution in [0.2, 0.25) is 0 Å². The minimum Gasteiger partial charge on any atom is -0.497 e. The van der Waals surface area contributed by atoms with Crippen molar-refractivity contribution in [3.8, 4) is 22.8 Å². The van der Waals surface area contributed by atoms with E-state index >= 15 is 0 Å². The second-order valence-electron chi connectivity index (χ2n) is 8.08. The van der Waals surface area contributed by atoms with Crippen molar-refractivity contribution < 1.29 is 19.1 Å². The number of imidazole rings is 1. The topological polar surface area (TPSA) is 108 Å². The van der Waals surface area contributed by atoms with E-state index in [4.69, 9.17) is 20.2 Å². The number of aryl methyl sites for hydroxylation is 1. The van der Waals surface area contributed by atoms with E-state index in [2.05, 4.69) is 5.32 Å². The zero-order valence-corrected chi connectivity index (χ0v) is 20.5. The number of aromatic nitrogens is 2. The molecule has 2 amide bonds. The summed E-state index contributed by atoms with van der Waals surface area (Å²) in [5.41, 5.74) is 9.47. The molecule has 0 saturated carbocycles. The van der Waals surface area contributed by atoms with Gasteiger partial charge in [-0.05, 0) is 49.4 Å². The first-order valence-electron chi connectivity index (χ1n) is 10.9. The van der Waals surface area contributed by atoms with Gasteiger partial charge in [0.2, 0.25) is 5.91 Å². The Morgan fingerprint density at radius 3 is 2.79 bits per heavy atom. The molecule has 0 saturated heterocycles. The lowest BCUT2D eigenvalue weighted by molar-refractivity contribution is -0.115. The van der Waals surface area contributed by atoms with E-state index in [1.54, 1.807) is 14.2 Å². The summed E-state index contributed by atoms with van der Waals surface area (Å²) in [6.07, 6.45) is 5.91. The van der Waals surface area contributed by atoms with Crippen LogP contribution >= 0.6 is 22.7 Å². The van der Waals surface area contributed by atoms with Crippen LogP contribution in [0.5, 0.6) is 11.5 Å². The smallest absolute Gasteiger partial charge is 0.251 e. The van der Waals surface area contributed by atoms with Crippen molar-refractivity contribution in [3.63, 3.8) is 0 Å². The molecule has 1 aromatic carbocycles. The van der Waals surface area contributed by atoms with Gasteiger partial charge in [-0.2, -0.15) is 0 Å². The molecule has 0 aliphatic heterocycles. The van der Waals surface area contributed by atoms with Crippen molar-refractivity contribution in [2.45, 2.75) is 32.1 Å². The van der Waals surface area contributed by atoms with Crippen molar-refractivity contribution in [3.05, 3.63) is 51.5 Å². The molecule has 3 heterocycles. The van der Waals surface area contributed by atoms with E-state index < -0.39 is 5.91 Å². The Morgan fingerprint density at radius 2 is 2.03 bits per heavy atom. The van der Waals surface area contributed by atoms with Crippen LogP contribution in [0, 0.1) is 0 Å². The van der Waals surface area contributed by atoms with E-state index in [0.29, 0.717) is 22.1 Å². The highest BCUT2D eigenvalue weighted by Crippen LogP contribution is 2.38. The molecule has 5 rings (SSSR count). The van der Waals surface area contributed by atoms with Gasteiger partial charge in [0.1, 0.15) is 16.5 Å². The van der Waals surface area contributed by atoms with E-state index in [-0.39, 0.29) is 12.3 Å². The fourth-order valence-electron chi connectivity index (χ4n) is 4.35. The fourth-order valence-corrected chi connectivity index (χ4v) is 6.53. The first-order valence-corrected chi connectivity index (χ1v) is 12.6. The third-order valence-corrected chi connectivity index (χ3v) is 8.07. The van der Waals surface area contributed by atoms with Crippen LogP contribution in [-0.2, 0) is 24.1 Å². The van der Waals surface area contributed by atoms with Crippen LogP contribution in [0.25, 0.3) is 16.2 Å². The van der Waals surface area contributed by atoms with Crippen molar-refractivity contribution >= 4 is 44.4 Å². The number of anilines is 1. The summed E-state index contributed by atoms with van der Waals surface area (Å²) in [4.78, 5) is 31.7. The molecule has 0 spiro atoms. The molecule has 3 N–H and O–H groups in total. The first kappa shape index (κ1) is 22.4. The number of nitrogens with zero attached hydrogens (tertiary/aromatic N) is 2. The van der Waals surface area contributed by atoms with Gasteiger partial charge < -0.3 is 20.5 Å². The van der Waals surface area contributed by atoms with E-state index in [1.807, 2.05) is 34.2 Å². The summed E-state index contributed by atoms with van der Waals surface area (Å²) in [7, 11) is 3.23. The molecule has 34 heavy (non-hydrogen) atoms. The number of thiophene rings is 1. The number of nitrogens with two attached hydrogens (primary N) is 1. The number of primary amides is 1. The third-order valence-electron chi connectivity index (χ3n) is 5.98. The lowest BCUT2D eigenvalue weighted by atomic mass is 9.95. The molecule has 10 heteroatoms. The summed E-state index contributed by atoms with van der Waals surface area (Å²) in [5.74, 6) is 0.705. The highest BCUT2D eigenvalue weighted by Gasteiger charge is 2.25. The molecule has 0 radical (unpaired) electrons. The third kappa shape index (κ3) is 4.03. The van der Waals surface area contributed by atoms with Gasteiger partial charge in [0, 0.05) is 27.7 Å². The van der Waals surface area contributed by atoms with Gasteiger partial charge in [-0.25, -0.2) is 4.98 Å². The number of hydrogen-bond donors (Lipinski definition) is 2. The fraction of sp³-hybridized carbons (Fsp3) is 0.292. The van der Waals surface area contributed by atoms with Crippen LogP contribution in [0.4, 0.5) is 5.00 Å². The maximum absolute atomic E-state index is 12.9. The van der Waals surface area contributed by atoms with Crippen molar-refractivity contribution in [1.29, 1.82) is 0 Å². The Bertz CT molecular complexity index is 1400. The summed E-state index contributed by atoms with van der Waals surface area (Å²) < 4.78 is 12.8. The van der Waals surface area contributed by atoms with E-state index in [9.17, 15) is 9.59 Å². The van der Waals surface area contributed by atoms with Crippen LogP contribution in [0.3, 0.4) is 0 Å². The summed E-state index contributed by atoms with van der Waals surface area (Å²) in [6, 6.07) is 5.55. The second kappa shape index (κ2) is 9.11. The highest BCUT2D eigenvalue weighted by molar-refractivity contribution is 7.17. The Balaban J connectivity index is 1.41. The standard InChI is InChI=1S/C24H24N4O4S2/c1-31-14-7-8-18(32-2)16(10-14)17-11-28-13(12-33-24(28)26-17)9-20(29)27-23-21(22(25)30)15-5-3-4-6-19(15)34-23/h7-8,10-12H,3-6,9H2,1-2H3,(H2,25,30)(H,27,29). The Labute approximate surface area is 204 Å². The summed E-state index contributed by atoms with van der Waals surface area (Å²) >= 11 is 2.93. The number of carbonyl (C=O) groups is 2. The number of rotatable bonds is 7. The summed E-state index contributed by atoms with van der Waals surface area (Å²) in [5, 5.41) is 5.42. The molecule has 3 aromatic heterocycles. The average Bonchev–Trinajstić information content (AvgIpc) is 3.51. The van der Waals surface area contributed by atoms with Crippen molar-refractivity contribution in [2.24, 2.45) is 5.73 Å². The number of hydrogen-bond acceptors (Lipinski definition) is 7. The van der Waals surface area contributed by atoms with Crippen molar-refractivity contribution in [2.75, 3.05) is 19.5 Å². The molecule has 0 fully saturated rings. The molecular formula is C24H24N4O4S2. The average molecular weight is 497 g/mol. The Morgan fingerprint density at radius 1 is 1.21 bits per heavy atom. The molecule has 0 unspecified atom stereocenters. The molecule has 4 aromatic rings. The van der Waals surface area contributed by atoms with Crippen molar-refractivity contribution in [1.82, 2.24) is 9.38 Å². The zero-order valence-electron chi connectivity index (χ0n) is 18.8. The molecule has 176 valence electrons. The molecule has 0 bridgehead atoms. The van der Waals surface area contributed by atoms with Crippen LogP contribution in [-0.4, -0.2) is 35.4 Å². The van der Waals surface area contributed by atoms with Crippen LogP contribution < -0.4 is 20.5 Å². The molecular weight excluding hydrogens is 472 g/mol. The Kier molecular flexibility index (Phi) is 6.01. The minimum atomic E-state index is -0.487. The number of fused-ring (bicyclic) bond motifs is 2. The Hall–Kier alpha value is -3.37. The van der Waals surface area contributed by atoms with Gasteiger partial charge in [-0.1, -0.05) is 0 Å². The predicted octanol–water partition coefficient (Wildman–Crippen LogP) is 4.30. The number of carbonyl (C=O) groups excluding carboxylic acids is 2. The number of benzene rings is 1. The number of amides is 2. The highest BCUT2D eigenvalue weighted by atomic mass is 32.1. The van der Waals surface area contributed by atoms with Gasteiger partial charge in [0.25, 0.3) is 5.91 Å².